The molecule has 21 heavy (non-hydrogen) atoms. The minimum absolute atomic E-state index is 0.219. The van der Waals surface area contributed by atoms with Gasteiger partial charge >= 0.3 is 0 Å². The molecule has 2 aromatic rings. The van der Waals surface area contributed by atoms with Gasteiger partial charge in [0, 0.05) is 18.8 Å². The van der Waals surface area contributed by atoms with Crippen LogP contribution in [-0.4, -0.2) is 13.1 Å². The van der Waals surface area contributed by atoms with E-state index in [4.69, 9.17) is 5.73 Å². The van der Waals surface area contributed by atoms with Crippen LogP contribution in [0.15, 0.2) is 42.5 Å². The minimum Gasteiger partial charge on any atom is -0.363 e. The van der Waals surface area contributed by atoms with Gasteiger partial charge in [-0.15, -0.1) is 0 Å². The molecule has 0 aliphatic carbocycles. The Labute approximate surface area is 128 Å². The second-order valence-corrected chi connectivity index (χ2v) is 5.67. The monoisotopic (exact) mass is 282 g/mol. The van der Waals surface area contributed by atoms with Crippen molar-refractivity contribution in [2.24, 2.45) is 5.73 Å². The Bertz CT molecular complexity index is 604. The lowest BCUT2D eigenvalue weighted by Crippen LogP contribution is -2.34. The topological polar surface area (TPSA) is 29.3 Å². The van der Waals surface area contributed by atoms with Crippen LogP contribution in [0.25, 0.3) is 0 Å². The summed E-state index contributed by atoms with van der Waals surface area (Å²) in [5.74, 6) is 0. The van der Waals surface area contributed by atoms with Crippen molar-refractivity contribution in [3.8, 4) is 0 Å². The normalized spacial score (nSPS) is 12.2. The molecule has 1 unspecified atom stereocenters. The molecular formula is C19H26N2. The summed E-state index contributed by atoms with van der Waals surface area (Å²) < 4.78 is 0. The third-order valence-electron chi connectivity index (χ3n) is 4.28. The van der Waals surface area contributed by atoms with E-state index in [-0.39, 0.29) is 6.04 Å². The second-order valence-electron chi connectivity index (χ2n) is 5.67. The molecule has 0 saturated heterocycles. The molecule has 0 spiro atoms. The van der Waals surface area contributed by atoms with Crippen LogP contribution < -0.4 is 10.6 Å². The Morgan fingerprint density at radius 2 is 1.76 bits per heavy atom. The van der Waals surface area contributed by atoms with Crippen LogP contribution in [0.2, 0.25) is 0 Å². The van der Waals surface area contributed by atoms with E-state index >= 15 is 0 Å². The van der Waals surface area contributed by atoms with Gasteiger partial charge in [0.2, 0.25) is 0 Å². The standard InChI is InChI=1S/C19H26N2/c1-5-21(17-10-6-8-14(2)12-17)19(13-20)18-11-7-9-15(3)16(18)4/h6-12,19H,5,13,20H2,1-4H3. The van der Waals surface area contributed by atoms with E-state index in [0.29, 0.717) is 6.54 Å². The quantitative estimate of drug-likeness (QED) is 0.893. The van der Waals surface area contributed by atoms with Gasteiger partial charge < -0.3 is 10.6 Å². The summed E-state index contributed by atoms with van der Waals surface area (Å²) >= 11 is 0. The number of rotatable bonds is 5. The molecule has 2 rings (SSSR count). The SMILES string of the molecule is CCN(c1cccc(C)c1)C(CN)c1cccc(C)c1C. The number of nitrogens with zero attached hydrogens (tertiary/aromatic N) is 1. The Hall–Kier alpha value is -1.80. The number of hydrogen-bond acceptors (Lipinski definition) is 2. The lowest BCUT2D eigenvalue weighted by molar-refractivity contribution is 0.639. The fraction of sp³-hybridized carbons (Fsp3) is 0.368. The Kier molecular flexibility index (Phi) is 5.03. The molecule has 2 aromatic carbocycles. The zero-order valence-electron chi connectivity index (χ0n) is 13.6. The fourth-order valence-electron chi connectivity index (χ4n) is 2.95. The molecular weight excluding hydrogens is 256 g/mol. The third-order valence-corrected chi connectivity index (χ3v) is 4.28. The van der Waals surface area contributed by atoms with E-state index in [0.717, 1.165) is 6.54 Å². The summed E-state index contributed by atoms with van der Waals surface area (Å²) in [6.45, 7) is 10.2. The maximum atomic E-state index is 6.13. The first-order chi connectivity index (χ1) is 10.1. The predicted octanol–water partition coefficient (Wildman–Crippen LogP) is 4.14. The zero-order chi connectivity index (χ0) is 15.4. The third kappa shape index (κ3) is 3.27. The van der Waals surface area contributed by atoms with E-state index in [9.17, 15) is 0 Å². The summed E-state index contributed by atoms with van der Waals surface area (Å²) in [4.78, 5) is 2.40. The molecule has 2 N–H and O–H groups in total. The largest absolute Gasteiger partial charge is 0.363 e. The highest BCUT2D eigenvalue weighted by Crippen LogP contribution is 2.29. The average Bonchev–Trinajstić information content (AvgIpc) is 2.48. The van der Waals surface area contributed by atoms with Gasteiger partial charge in [-0.25, -0.2) is 0 Å². The first-order valence-electron chi connectivity index (χ1n) is 7.68. The van der Waals surface area contributed by atoms with Gasteiger partial charge in [-0.05, 0) is 62.1 Å². The lowest BCUT2D eigenvalue weighted by Gasteiger charge is -2.34. The highest BCUT2D eigenvalue weighted by Gasteiger charge is 2.20. The number of benzene rings is 2. The molecule has 0 heterocycles. The Morgan fingerprint density at radius 3 is 2.38 bits per heavy atom. The van der Waals surface area contributed by atoms with Crippen LogP contribution in [-0.2, 0) is 0 Å². The van der Waals surface area contributed by atoms with Crippen molar-refractivity contribution >= 4 is 5.69 Å². The molecule has 0 radical (unpaired) electrons. The first-order valence-corrected chi connectivity index (χ1v) is 7.68. The Morgan fingerprint density at radius 1 is 1.05 bits per heavy atom. The van der Waals surface area contributed by atoms with Crippen molar-refractivity contribution in [2.75, 3.05) is 18.0 Å². The predicted molar refractivity (Wildman–Crippen MR) is 91.9 cm³/mol. The van der Waals surface area contributed by atoms with Gasteiger partial charge in [0.1, 0.15) is 0 Å². The van der Waals surface area contributed by atoms with Crippen LogP contribution in [0.4, 0.5) is 5.69 Å². The van der Waals surface area contributed by atoms with E-state index in [1.54, 1.807) is 0 Å². The van der Waals surface area contributed by atoms with Gasteiger partial charge in [0.15, 0.2) is 0 Å². The molecule has 2 heteroatoms. The smallest absolute Gasteiger partial charge is 0.0667 e. The lowest BCUT2D eigenvalue weighted by atomic mass is 9.96. The number of nitrogens with two attached hydrogens (primary N) is 1. The van der Waals surface area contributed by atoms with Crippen molar-refractivity contribution in [2.45, 2.75) is 33.7 Å². The maximum absolute atomic E-state index is 6.13. The van der Waals surface area contributed by atoms with Crippen molar-refractivity contribution in [3.05, 3.63) is 64.7 Å². The molecule has 2 nitrogen and oxygen atoms in total. The second kappa shape index (κ2) is 6.77. The molecule has 0 bridgehead atoms. The van der Waals surface area contributed by atoms with Gasteiger partial charge in [-0.3, -0.25) is 0 Å². The van der Waals surface area contributed by atoms with Gasteiger partial charge in [-0.2, -0.15) is 0 Å². The molecule has 1 atom stereocenters. The van der Waals surface area contributed by atoms with Gasteiger partial charge in [0.25, 0.3) is 0 Å². The summed E-state index contributed by atoms with van der Waals surface area (Å²) in [6.07, 6.45) is 0. The van der Waals surface area contributed by atoms with Crippen LogP contribution in [0, 0.1) is 20.8 Å². The van der Waals surface area contributed by atoms with E-state index in [1.165, 1.54) is 27.9 Å². The first kappa shape index (κ1) is 15.6. The van der Waals surface area contributed by atoms with E-state index in [2.05, 4.69) is 75.1 Å². The summed E-state index contributed by atoms with van der Waals surface area (Å²) in [7, 11) is 0. The number of aryl methyl sites for hydroxylation is 2. The van der Waals surface area contributed by atoms with E-state index in [1.807, 2.05) is 0 Å². The summed E-state index contributed by atoms with van der Waals surface area (Å²) in [5, 5.41) is 0. The summed E-state index contributed by atoms with van der Waals surface area (Å²) in [6, 6.07) is 15.4. The molecule has 0 fully saturated rings. The van der Waals surface area contributed by atoms with Crippen LogP contribution in [0.1, 0.15) is 35.2 Å². The average molecular weight is 282 g/mol. The van der Waals surface area contributed by atoms with Crippen LogP contribution in [0.5, 0.6) is 0 Å². The van der Waals surface area contributed by atoms with E-state index < -0.39 is 0 Å². The summed E-state index contributed by atoms with van der Waals surface area (Å²) in [5.41, 5.74) is 12.7. The molecule has 0 aromatic heterocycles. The fourth-order valence-corrected chi connectivity index (χ4v) is 2.95. The number of anilines is 1. The molecule has 0 amide bonds. The van der Waals surface area contributed by atoms with Crippen molar-refractivity contribution in [3.63, 3.8) is 0 Å². The Balaban J connectivity index is 2.45. The van der Waals surface area contributed by atoms with Crippen LogP contribution in [0.3, 0.4) is 0 Å². The van der Waals surface area contributed by atoms with Gasteiger partial charge in [-0.1, -0.05) is 30.3 Å². The molecule has 0 saturated carbocycles. The van der Waals surface area contributed by atoms with Crippen molar-refractivity contribution in [1.29, 1.82) is 0 Å². The number of likely N-dealkylation sites (N-methyl/N-ethyl adjacent to an activating group) is 1. The highest BCUT2D eigenvalue weighted by atomic mass is 15.2. The minimum atomic E-state index is 0.219. The molecule has 112 valence electrons. The maximum Gasteiger partial charge on any atom is 0.0667 e. The van der Waals surface area contributed by atoms with Crippen molar-refractivity contribution < 1.29 is 0 Å². The van der Waals surface area contributed by atoms with Crippen molar-refractivity contribution in [1.82, 2.24) is 0 Å². The molecule has 0 aliphatic rings. The van der Waals surface area contributed by atoms with Gasteiger partial charge in [0.05, 0.1) is 6.04 Å². The highest BCUT2D eigenvalue weighted by molar-refractivity contribution is 5.52. The zero-order valence-corrected chi connectivity index (χ0v) is 13.6. The van der Waals surface area contributed by atoms with Crippen LogP contribution >= 0.6 is 0 Å². The number of hydrogen-bond donors (Lipinski definition) is 1. The molecule has 0 aliphatic heterocycles.